The molecular weight excluding hydrogens is 284 g/mol. The number of hydrogen-bond acceptors (Lipinski definition) is 4. The Hall–Kier alpha value is -1.98. The van der Waals surface area contributed by atoms with E-state index in [1.54, 1.807) is 11.2 Å². The number of furan rings is 1. The highest BCUT2D eigenvalue weighted by Gasteiger charge is 2.56. The van der Waals surface area contributed by atoms with Gasteiger partial charge in [0.1, 0.15) is 11.4 Å². The van der Waals surface area contributed by atoms with Gasteiger partial charge < -0.3 is 19.4 Å². The first-order valence-corrected chi connectivity index (χ1v) is 7.61. The topological polar surface area (TPSA) is 71.8 Å². The lowest BCUT2D eigenvalue weighted by atomic mass is 9.75. The van der Waals surface area contributed by atoms with Crippen LogP contribution in [-0.2, 0) is 9.53 Å². The summed E-state index contributed by atoms with van der Waals surface area (Å²) in [6, 6.07) is 3.72. The molecule has 1 spiro atoms. The molecule has 6 heteroatoms. The molecule has 2 aliphatic rings. The van der Waals surface area contributed by atoms with Crippen LogP contribution in [0, 0.1) is 5.41 Å². The van der Waals surface area contributed by atoms with Crippen LogP contribution in [0.3, 0.4) is 0 Å². The third kappa shape index (κ3) is 2.46. The number of ether oxygens (including phenoxy) is 1. The zero-order chi connectivity index (χ0) is 16.0. The van der Waals surface area contributed by atoms with Crippen LogP contribution in [0.4, 0.5) is 4.79 Å². The van der Waals surface area contributed by atoms with Crippen LogP contribution in [0.25, 0.3) is 0 Å². The zero-order valence-electron chi connectivity index (χ0n) is 13.2. The largest absolute Gasteiger partial charge is 0.469 e. The van der Waals surface area contributed by atoms with Gasteiger partial charge in [-0.25, -0.2) is 4.79 Å². The SMILES string of the molecule is CC(C)(C)OC(=O)N1CC[C@@]2(C1)C(=O)NC[C@@H]2c1ccco1. The fourth-order valence-electron chi connectivity index (χ4n) is 3.37. The van der Waals surface area contributed by atoms with Crippen molar-refractivity contribution < 1.29 is 18.7 Å². The summed E-state index contributed by atoms with van der Waals surface area (Å²) in [4.78, 5) is 26.3. The summed E-state index contributed by atoms with van der Waals surface area (Å²) in [5.41, 5.74) is -1.14. The van der Waals surface area contributed by atoms with Crippen LogP contribution in [0.5, 0.6) is 0 Å². The van der Waals surface area contributed by atoms with Gasteiger partial charge in [-0.05, 0) is 39.3 Å². The highest BCUT2D eigenvalue weighted by molar-refractivity contribution is 5.88. The third-order valence-electron chi connectivity index (χ3n) is 4.43. The number of hydrogen-bond donors (Lipinski definition) is 1. The van der Waals surface area contributed by atoms with Crippen molar-refractivity contribution in [3.05, 3.63) is 24.2 Å². The van der Waals surface area contributed by atoms with Gasteiger partial charge in [0.25, 0.3) is 0 Å². The molecule has 0 aliphatic carbocycles. The third-order valence-corrected chi connectivity index (χ3v) is 4.43. The Morgan fingerprint density at radius 2 is 2.27 bits per heavy atom. The number of carbonyl (C=O) groups is 2. The number of likely N-dealkylation sites (tertiary alicyclic amines) is 1. The van der Waals surface area contributed by atoms with Crippen molar-refractivity contribution in [1.29, 1.82) is 0 Å². The minimum Gasteiger partial charge on any atom is -0.469 e. The van der Waals surface area contributed by atoms with Crippen molar-refractivity contribution in [2.75, 3.05) is 19.6 Å². The summed E-state index contributed by atoms with van der Waals surface area (Å²) in [6.07, 6.45) is 1.89. The lowest BCUT2D eigenvalue weighted by Crippen LogP contribution is -2.40. The highest BCUT2D eigenvalue weighted by Crippen LogP contribution is 2.47. The summed E-state index contributed by atoms with van der Waals surface area (Å²) in [6.45, 7) is 6.97. The molecule has 0 bridgehead atoms. The van der Waals surface area contributed by atoms with Crippen LogP contribution in [0.1, 0.15) is 38.9 Å². The molecule has 0 unspecified atom stereocenters. The maximum absolute atomic E-state index is 12.4. The molecule has 2 amide bonds. The minimum atomic E-state index is -0.602. The van der Waals surface area contributed by atoms with Crippen LogP contribution < -0.4 is 5.32 Å². The summed E-state index contributed by atoms with van der Waals surface area (Å²) in [5.74, 6) is 0.756. The van der Waals surface area contributed by atoms with E-state index < -0.39 is 11.0 Å². The predicted octanol–water partition coefficient (Wildman–Crippen LogP) is 2.12. The second-order valence-electron chi connectivity index (χ2n) is 7.09. The summed E-state index contributed by atoms with van der Waals surface area (Å²) >= 11 is 0. The van der Waals surface area contributed by atoms with Crippen LogP contribution in [-0.4, -0.2) is 42.1 Å². The molecule has 2 saturated heterocycles. The van der Waals surface area contributed by atoms with E-state index in [4.69, 9.17) is 9.15 Å². The molecule has 6 nitrogen and oxygen atoms in total. The zero-order valence-corrected chi connectivity index (χ0v) is 13.2. The lowest BCUT2D eigenvalue weighted by Gasteiger charge is -2.28. The second kappa shape index (κ2) is 5.04. The van der Waals surface area contributed by atoms with Gasteiger partial charge in [-0.3, -0.25) is 4.79 Å². The molecule has 3 heterocycles. The van der Waals surface area contributed by atoms with E-state index in [0.29, 0.717) is 26.1 Å². The first kappa shape index (κ1) is 14.9. The van der Waals surface area contributed by atoms with Crippen molar-refractivity contribution in [3.63, 3.8) is 0 Å². The monoisotopic (exact) mass is 306 g/mol. The van der Waals surface area contributed by atoms with Crippen molar-refractivity contribution in [2.24, 2.45) is 5.41 Å². The van der Waals surface area contributed by atoms with Crippen molar-refractivity contribution >= 4 is 12.0 Å². The van der Waals surface area contributed by atoms with Gasteiger partial charge in [0, 0.05) is 19.6 Å². The van der Waals surface area contributed by atoms with E-state index in [0.717, 1.165) is 5.76 Å². The van der Waals surface area contributed by atoms with Crippen LogP contribution in [0.2, 0.25) is 0 Å². The first-order valence-electron chi connectivity index (χ1n) is 7.61. The molecule has 3 rings (SSSR count). The molecule has 2 atom stereocenters. The van der Waals surface area contributed by atoms with Gasteiger partial charge in [0.2, 0.25) is 5.91 Å². The number of nitrogens with one attached hydrogen (secondary N) is 1. The van der Waals surface area contributed by atoms with E-state index in [-0.39, 0.29) is 17.9 Å². The molecule has 1 aromatic rings. The van der Waals surface area contributed by atoms with Crippen LogP contribution in [0.15, 0.2) is 22.8 Å². The standard InChI is InChI=1S/C16H22N2O4/c1-15(2,3)22-14(20)18-7-6-16(10-18)11(9-17-13(16)19)12-5-4-8-21-12/h4-5,8,11H,6-7,9-10H2,1-3H3,(H,17,19)/t11-,16+/m1/s1. The Bertz CT molecular complexity index is 575. The molecule has 1 aromatic heterocycles. The van der Waals surface area contributed by atoms with Crippen LogP contribution >= 0.6 is 0 Å². The molecule has 0 saturated carbocycles. The molecule has 2 fully saturated rings. The number of nitrogens with zero attached hydrogens (tertiary/aromatic N) is 1. The van der Waals surface area contributed by atoms with Gasteiger partial charge in [0.15, 0.2) is 0 Å². The maximum atomic E-state index is 12.4. The number of amides is 2. The molecule has 0 radical (unpaired) electrons. The number of rotatable bonds is 1. The van der Waals surface area contributed by atoms with E-state index >= 15 is 0 Å². The molecule has 1 N–H and O–H groups in total. The smallest absolute Gasteiger partial charge is 0.410 e. The Labute approximate surface area is 129 Å². The predicted molar refractivity (Wildman–Crippen MR) is 79.3 cm³/mol. The van der Waals surface area contributed by atoms with Crippen molar-refractivity contribution in [2.45, 2.75) is 38.7 Å². The average molecular weight is 306 g/mol. The van der Waals surface area contributed by atoms with Gasteiger partial charge in [-0.15, -0.1) is 0 Å². The molecule has 0 aromatic carbocycles. The molecule has 22 heavy (non-hydrogen) atoms. The number of carbonyl (C=O) groups excluding carboxylic acids is 2. The quantitative estimate of drug-likeness (QED) is 0.862. The summed E-state index contributed by atoms with van der Waals surface area (Å²) < 4.78 is 10.9. The summed E-state index contributed by atoms with van der Waals surface area (Å²) in [5, 5.41) is 2.92. The van der Waals surface area contributed by atoms with E-state index in [9.17, 15) is 9.59 Å². The lowest BCUT2D eigenvalue weighted by molar-refractivity contribution is -0.127. The van der Waals surface area contributed by atoms with Gasteiger partial charge in [-0.2, -0.15) is 0 Å². The summed E-state index contributed by atoms with van der Waals surface area (Å²) in [7, 11) is 0. The van der Waals surface area contributed by atoms with E-state index in [1.165, 1.54) is 0 Å². The fourth-order valence-corrected chi connectivity index (χ4v) is 3.37. The Balaban J connectivity index is 1.79. The minimum absolute atomic E-state index is 0.0000383. The van der Waals surface area contributed by atoms with Gasteiger partial charge in [-0.1, -0.05) is 0 Å². The fraction of sp³-hybridized carbons (Fsp3) is 0.625. The highest BCUT2D eigenvalue weighted by atomic mass is 16.6. The maximum Gasteiger partial charge on any atom is 0.410 e. The molecule has 120 valence electrons. The Kier molecular flexibility index (Phi) is 3.42. The first-order chi connectivity index (χ1) is 10.3. The second-order valence-corrected chi connectivity index (χ2v) is 7.09. The molecule has 2 aliphatic heterocycles. The Morgan fingerprint density at radius 1 is 1.50 bits per heavy atom. The van der Waals surface area contributed by atoms with E-state index in [2.05, 4.69) is 5.32 Å². The molecular formula is C16H22N2O4. The van der Waals surface area contributed by atoms with Crippen molar-refractivity contribution in [1.82, 2.24) is 10.2 Å². The van der Waals surface area contributed by atoms with E-state index in [1.807, 2.05) is 32.9 Å². The van der Waals surface area contributed by atoms with Crippen molar-refractivity contribution in [3.8, 4) is 0 Å². The normalized spacial score (nSPS) is 28.2. The Morgan fingerprint density at radius 3 is 2.91 bits per heavy atom. The van der Waals surface area contributed by atoms with Gasteiger partial charge >= 0.3 is 6.09 Å². The van der Waals surface area contributed by atoms with Gasteiger partial charge in [0.05, 0.1) is 17.6 Å². The average Bonchev–Trinajstić information content (AvgIpc) is 3.11.